The molecular formula is C15H19N3. The molecule has 0 radical (unpaired) electrons. The number of rotatable bonds is 4. The monoisotopic (exact) mass is 241 g/mol. The Kier molecular flexibility index (Phi) is 3.92. The van der Waals surface area contributed by atoms with E-state index in [1.165, 1.54) is 0 Å². The molecule has 0 atom stereocenters. The van der Waals surface area contributed by atoms with Gasteiger partial charge < -0.3 is 5.32 Å². The lowest BCUT2D eigenvalue weighted by molar-refractivity contribution is 0.970. The zero-order valence-corrected chi connectivity index (χ0v) is 11.2. The van der Waals surface area contributed by atoms with E-state index in [1.807, 2.05) is 30.3 Å². The standard InChI is InChI=1S/C15H19N3/c1-4-13-11(3)14(16-5-2)18-15(17-13)12-9-7-6-8-10-12/h6-10H,4-5H2,1-3H3,(H,16,17,18). The molecule has 0 unspecified atom stereocenters. The van der Waals surface area contributed by atoms with Crippen LogP contribution < -0.4 is 5.32 Å². The van der Waals surface area contributed by atoms with Crippen LogP contribution in [0.5, 0.6) is 0 Å². The van der Waals surface area contributed by atoms with Crippen LogP contribution in [0, 0.1) is 6.92 Å². The van der Waals surface area contributed by atoms with Gasteiger partial charge in [-0.3, -0.25) is 0 Å². The first-order valence-electron chi connectivity index (χ1n) is 6.43. The van der Waals surface area contributed by atoms with Crippen LogP contribution in [0.15, 0.2) is 30.3 Å². The minimum atomic E-state index is 0.800. The Morgan fingerprint density at radius 3 is 2.39 bits per heavy atom. The third-order valence-corrected chi connectivity index (χ3v) is 2.96. The maximum Gasteiger partial charge on any atom is 0.161 e. The summed E-state index contributed by atoms with van der Waals surface area (Å²) in [5.41, 5.74) is 3.32. The van der Waals surface area contributed by atoms with Crippen LogP contribution in [0.25, 0.3) is 11.4 Å². The second kappa shape index (κ2) is 5.63. The Morgan fingerprint density at radius 2 is 1.78 bits per heavy atom. The van der Waals surface area contributed by atoms with Crippen LogP contribution in [-0.4, -0.2) is 16.5 Å². The second-order valence-corrected chi connectivity index (χ2v) is 4.22. The number of hydrogen-bond donors (Lipinski definition) is 1. The lowest BCUT2D eigenvalue weighted by Crippen LogP contribution is -2.07. The summed E-state index contributed by atoms with van der Waals surface area (Å²) in [6.45, 7) is 7.15. The Hall–Kier alpha value is -1.90. The van der Waals surface area contributed by atoms with Crippen molar-refractivity contribution in [2.24, 2.45) is 0 Å². The zero-order chi connectivity index (χ0) is 13.0. The highest BCUT2D eigenvalue weighted by molar-refractivity contribution is 5.59. The van der Waals surface area contributed by atoms with Crippen molar-refractivity contribution in [3.05, 3.63) is 41.6 Å². The summed E-state index contributed by atoms with van der Waals surface area (Å²) >= 11 is 0. The summed E-state index contributed by atoms with van der Waals surface area (Å²) in [5, 5.41) is 3.31. The molecule has 3 heteroatoms. The van der Waals surface area contributed by atoms with E-state index in [-0.39, 0.29) is 0 Å². The third-order valence-electron chi connectivity index (χ3n) is 2.96. The molecule has 0 aliphatic carbocycles. The maximum atomic E-state index is 4.65. The topological polar surface area (TPSA) is 37.8 Å². The average molecular weight is 241 g/mol. The molecular weight excluding hydrogens is 222 g/mol. The van der Waals surface area contributed by atoms with Crippen molar-refractivity contribution in [2.75, 3.05) is 11.9 Å². The first-order valence-corrected chi connectivity index (χ1v) is 6.43. The smallest absolute Gasteiger partial charge is 0.161 e. The minimum absolute atomic E-state index is 0.800. The maximum absolute atomic E-state index is 4.65. The first kappa shape index (κ1) is 12.6. The van der Waals surface area contributed by atoms with Gasteiger partial charge in [-0.05, 0) is 20.3 Å². The molecule has 0 saturated carbocycles. The summed E-state index contributed by atoms with van der Waals surface area (Å²) in [6, 6.07) is 10.1. The molecule has 0 amide bonds. The summed E-state index contributed by atoms with van der Waals surface area (Å²) in [7, 11) is 0. The lowest BCUT2D eigenvalue weighted by atomic mass is 10.1. The lowest BCUT2D eigenvalue weighted by Gasteiger charge is -2.12. The quantitative estimate of drug-likeness (QED) is 0.891. The molecule has 0 fully saturated rings. The molecule has 1 aromatic carbocycles. The molecule has 0 spiro atoms. The number of hydrogen-bond acceptors (Lipinski definition) is 3. The van der Waals surface area contributed by atoms with E-state index in [0.29, 0.717) is 0 Å². The predicted molar refractivity (Wildman–Crippen MR) is 75.7 cm³/mol. The van der Waals surface area contributed by atoms with Gasteiger partial charge in [0, 0.05) is 23.4 Å². The summed E-state index contributed by atoms with van der Waals surface area (Å²) < 4.78 is 0. The summed E-state index contributed by atoms with van der Waals surface area (Å²) in [6.07, 6.45) is 0.923. The molecule has 0 bridgehead atoms. The molecule has 0 aliphatic rings. The molecule has 18 heavy (non-hydrogen) atoms. The van der Waals surface area contributed by atoms with Crippen molar-refractivity contribution < 1.29 is 0 Å². The fourth-order valence-electron chi connectivity index (χ4n) is 1.96. The van der Waals surface area contributed by atoms with Crippen LogP contribution in [0.4, 0.5) is 5.82 Å². The van der Waals surface area contributed by atoms with Crippen molar-refractivity contribution in [3.8, 4) is 11.4 Å². The van der Waals surface area contributed by atoms with Gasteiger partial charge in [0.25, 0.3) is 0 Å². The minimum Gasteiger partial charge on any atom is -0.370 e. The molecule has 0 aliphatic heterocycles. The second-order valence-electron chi connectivity index (χ2n) is 4.22. The Bertz CT molecular complexity index is 521. The van der Waals surface area contributed by atoms with Crippen molar-refractivity contribution in [3.63, 3.8) is 0 Å². The number of aromatic nitrogens is 2. The molecule has 1 N–H and O–H groups in total. The van der Waals surface area contributed by atoms with E-state index in [9.17, 15) is 0 Å². The normalized spacial score (nSPS) is 10.4. The van der Waals surface area contributed by atoms with Crippen LogP contribution in [0.1, 0.15) is 25.1 Å². The molecule has 0 saturated heterocycles. The Balaban J connectivity index is 2.52. The molecule has 3 nitrogen and oxygen atoms in total. The van der Waals surface area contributed by atoms with Crippen LogP contribution in [0.2, 0.25) is 0 Å². The van der Waals surface area contributed by atoms with Crippen LogP contribution in [0.3, 0.4) is 0 Å². The number of nitrogens with one attached hydrogen (secondary N) is 1. The van der Waals surface area contributed by atoms with E-state index in [2.05, 4.69) is 36.1 Å². The SMILES string of the molecule is CCNc1nc(-c2ccccc2)nc(CC)c1C. The summed E-state index contributed by atoms with van der Waals surface area (Å²) in [4.78, 5) is 9.27. The Labute approximate surface area is 108 Å². The Morgan fingerprint density at radius 1 is 1.06 bits per heavy atom. The highest BCUT2D eigenvalue weighted by Gasteiger charge is 2.10. The van der Waals surface area contributed by atoms with Gasteiger partial charge in [0.05, 0.1) is 0 Å². The zero-order valence-electron chi connectivity index (χ0n) is 11.2. The highest BCUT2D eigenvalue weighted by atomic mass is 15.0. The fraction of sp³-hybridized carbons (Fsp3) is 0.333. The van der Waals surface area contributed by atoms with Crippen molar-refractivity contribution >= 4 is 5.82 Å². The van der Waals surface area contributed by atoms with Crippen molar-refractivity contribution in [2.45, 2.75) is 27.2 Å². The molecule has 94 valence electrons. The van der Waals surface area contributed by atoms with Gasteiger partial charge in [-0.2, -0.15) is 0 Å². The number of aryl methyl sites for hydroxylation is 1. The van der Waals surface area contributed by atoms with Crippen LogP contribution >= 0.6 is 0 Å². The third kappa shape index (κ3) is 2.50. The van der Waals surface area contributed by atoms with E-state index in [0.717, 1.165) is 41.4 Å². The van der Waals surface area contributed by atoms with Gasteiger partial charge >= 0.3 is 0 Å². The molecule has 1 heterocycles. The number of nitrogens with zero attached hydrogens (tertiary/aromatic N) is 2. The number of anilines is 1. The van der Waals surface area contributed by atoms with Crippen molar-refractivity contribution in [1.29, 1.82) is 0 Å². The molecule has 2 aromatic rings. The van der Waals surface area contributed by atoms with E-state index in [4.69, 9.17) is 0 Å². The largest absolute Gasteiger partial charge is 0.370 e. The van der Waals surface area contributed by atoms with E-state index >= 15 is 0 Å². The van der Waals surface area contributed by atoms with Gasteiger partial charge in [-0.15, -0.1) is 0 Å². The van der Waals surface area contributed by atoms with E-state index < -0.39 is 0 Å². The highest BCUT2D eigenvalue weighted by Crippen LogP contribution is 2.22. The predicted octanol–water partition coefficient (Wildman–Crippen LogP) is 3.45. The molecule has 1 aromatic heterocycles. The van der Waals surface area contributed by atoms with Crippen molar-refractivity contribution in [1.82, 2.24) is 9.97 Å². The first-order chi connectivity index (χ1) is 8.76. The van der Waals surface area contributed by atoms with Gasteiger partial charge in [-0.1, -0.05) is 37.3 Å². The van der Waals surface area contributed by atoms with Gasteiger partial charge in [0.15, 0.2) is 5.82 Å². The van der Waals surface area contributed by atoms with E-state index in [1.54, 1.807) is 0 Å². The average Bonchev–Trinajstić information content (AvgIpc) is 2.42. The fourth-order valence-corrected chi connectivity index (χ4v) is 1.96. The van der Waals surface area contributed by atoms with Gasteiger partial charge in [0.1, 0.15) is 5.82 Å². The number of benzene rings is 1. The van der Waals surface area contributed by atoms with Gasteiger partial charge in [0.2, 0.25) is 0 Å². The molecule has 2 rings (SSSR count). The van der Waals surface area contributed by atoms with Gasteiger partial charge in [-0.25, -0.2) is 9.97 Å². The van der Waals surface area contributed by atoms with Crippen LogP contribution in [-0.2, 0) is 6.42 Å². The summed E-state index contributed by atoms with van der Waals surface area (Å²) in [5.74, 6) is 1.75.